The van der Waals surface area contributed by atoms with Crippen LogP contribution in [-0.4, -0.2) is 36.7 Å². The summed E-state index contributed by atoms with van der Waals surface area (Å²) >= 11 is -4.11. The summed E-state index contributed by atoms with van der Waals surface area (Å²) in [6.45, 7) is 7.09. The van der Waals surface area contributed by atoms with Crippen molar-refractivity contribution in [3.63, 3.8) is 0 Å². The van der Waals surface area contributed by atoms with Crippen LogP contribution in [0.25, 0.3) is 0 Å². The Kier molecular flexibility index (Phi) is 8.62. The monoisotopic (exact) mass is 339 g/mol. The minimum atomic E-state index is -4.11. The standard InChI is InChI=1S/C4H4NO3.3C3H7O.Ti/c6-3-1-2-4(7)5(3)8;3*1-2-3-4;/h1-2H2;3*2-3H2,1H3;/q4*-1;+4. The van der Waals surface area contributed by atoms with Gasteiger partial charge < -0.3 is 0 Å². The summed E-state index contributed by atoms with van der Waals surface area (Å²) in [5.74, 6) is -0.731. The Morgan fingerprint density at radius 3 is 1.57 bits per heavy atom. The van der Waals surface area contributed by atoms with Crippen LogP contribution in [0, 0.1) is 0 Å². The summed E-state index contributed by atoms with van der Waals surface area (Å²) < 4.78 is 22.7. The molecule has 0 saturated carbocycles. The Morgan fingerprint density at radius 1 is 0.857 bits per heavy atom. The van der Waals surface area contributed by atoms with Crippen LogP contribution in [0.3, 0.4) is 0 Å². The molecule has 7 nitrogen and oxygen atoms in total. The maximum absolute atomic E-state index is 11.7. The first-order valence-electron chi connectivity index (χ1n) is 7.55. The zero-order valence-electron chi connectivity index (χ0n) is 13.1. The molecule has 0 N–H and O–H groups in total. The van der Waals surface area contributed by atoms with Crippen molar-refractivity contribution in [3.8, 4) is 0 Å². The summed E-state index contributed by atoms with van der Waals surface area (Å²) in [7, 11) is 0. The molecule has 2 amide bonds. The number of carbonyl (C=O) groups is 2. The molecule has 1 saturated heterocycles. The van der Waals surface area contributed by atoms with Crippen LogP contribution in [0.4, 0.5) is 0 Å². The molecule has 0 aromatic rings. The molecule has 0 bridgehead atoms. The van der Waals surface area contributed by atoms with Gasteiger partial charge in [-0.1, -0.05) is 0 Å². The number of nitrogens with zero attached hydrogens (tertiary/aromatic N) is 1. The van der Waals surface area contributed by atoms with E-state index in [9.17, 15) is 9.59 Å². The molecule has 1 heterocycles. The Balaban J connectivity index is 2.83. The number of imide groups is 1. The Labute approximate surface area is 131 Å². The van der Waals surface area contributed by atoms with Crippen LogP contribution >= 0.6 is 0 Å². The predicted molar refractivity (Wildman–Crippen MR) is 70.9 cm³/mol. The van der Waals surface area contributed by atoms with Crippen LogP contribution in [0.5, 0.6) is 0 Å². The zero-order chi connectivity index (χ0) is 15.7. The van der Waals surface area contributed by atoms with Crippen LogP contribution < -0.4 is 0 Å². The van der Waals surface area contributed by atoms with Crippen molar-refractivity contribution in [2.24, 2.45) is 0 Å². The van der Waals surface area contributed by atoms with E-state index in [0.29, 0.717) is 19.8 Å². The second kappa shape index (κ2) is 9.66. The first-order valence-corrected chi connectivity index (χ1v) is 10.1. The van der Waals surface area contributed by atoms with E-state index in [1.54, 1.807) is 0 Å². The van der Waals surface area contributed by atoms with Gasteiger partial charge in [0, 0.05) is 0 Å². The fourth-order valence-corrected chi connectivity index (χ4v) is 5.09. The van der Waals surface area contributed by atoms with E-state index in [2.05, 4.69) is 0 Å². The van der Waals surface area contributed by atoms with E-state index < -0.39 is 18.1 Å². The van der Waals surface area contributed by atoms with E-state index in [1.165, 1.54) is 0 Å². The van der Waals surface area contributed by atoms with Gasteiger partial charge in [0.1, 0.15) is 0 Å². The van der Waals surface area contributed by atoms with Crippen molar-refractivity contribution in [1.82, 2.24) is 5.06 Å². The topological polar surface area (TPSA) is 74.3 Å². The number of rotatable bonds is 11. The molecular weight excluding hydrogens is 314 g/mol. The predicted octanol–water partition coefficient (Wildman–Crippen LogP) is 2.16. The second-order valence-corrected chi connectivity index (χ2v) is 7.92. The molecular formula is C13H25NO6Ti. The molecule has 21 heavy (non-hydrogen) atoms. The number of amides is 2. The van der Waals surface area contributed by atoms with Gasteiger partial charge in [-0.2, -0.15) is 0 Å². The van der Waals surface area contributed by atoms with Gasteiger partial charge in [0.05, 0.1) is 0 Å². The number of carbonyl (C=O) groups excluding carboxylic acids is 2. The molecule has 0 radical (unpaired) electrons. The van der Waals surface area contributed by atoms with E-state index in [4.69, 9.17) is 13.4 Å². The van der Waals surface area contributed by atoms with Crippen molar-refractivity contribution in [1.29, 1.82) is 0 Å². The van der Waals surface area contributed by atoms with Gasteiger partial charge >= 0.3 is 131 Å². The van der Waals surface area contributed by atoms with Crippen molar-refractivity contribution < 1.29 is 41.1 Å². The first kappa shape index (κ1) is 18.7. The van der Waals surface area contributed by atoms with E-state index in [-0.39, 0.29) is 24.7 Å². The molecule has 8 heteroatoms. The second-order valence-electron chi connectivity index (χ2n) is 4.72. The van der Waals surface area contributed by atoms with Gasteiger partial charge in [-0.25, -0.2) is 0 Å². The molecule has 0 atom stereocenters. The van der Waals surface area contributed by atoms with E-state index in [1.807, 2.05) is 20.8 Å². The van der Waals surface area contributed by atoms with Gasteiger partial charge in [-0.15, -0.1) is 0 Å². The minimum absolute atomic E-state index is 0.159. The van der Waals surface area contributed by atoms with Gasteiger partial charge in [-0.05, 0) is 0 Å². The molecule has 1 fully saturated rings. The first-order chi connectivity index (χ1) is 10.1. The summed E-state index contributed by atoms with van der Waals surface area (Å²) in [4.78, 5) is 23.5. The Morgan fingerprint density at radius 2 is 1.24 bits per heavy atom. The quantitative estimate of drug-likeness (QED) is 0.424. The number of hydroxylamine groups is 2. The van der Waals surface area contributed by atoms with Crippen LogP contribution in [0.1, 0.15) is 52.9 Å². The number of hydrogen-bond donors (Lipinski definition) is 0. The molecule has 0 aliphatic carbocycles. The fraction of sp³-hybridized carbons (Fsp3) is 0.846. The molecule has 0 spiro atoms. The van der Waals surface area contributed by atoms with Gasteiger partial charge in [0.2, 0.25) is 0 Å². The van der Waals surface area contributed by atoms with Gasteiger partial charge in [0.25, 0.3) is 0 Å². The fourth-order valence-electron chi connectivity index (χ4n) is 1.65. The Hall–Kier alpha value is -0.306. The molecule has 0 unspecified atom stereocenters. The molecule has 1 aliphatic rings. The Bertz CT molecular complexity index is 314. The van der Waals surface area contributed by atoms with Crippen LogP contribution in [-0.2, 0) is 41.1 Å². The van der Waals surface area contributed by atoms with E-state index in [0.717, 1.165) is 24.3 Å². The summed E-state index contributed by atoms with van der Waals surface area (Å²) in [5, 5.41) is 0.779. The van der Waals surface area contributed by atoms with Gasteiger partial charge in [-0.3, -0.25) is 0 Å². The molecule has 1 aliphatic heterocycles. The SMILES string of the molecule is CCC[O][Ti]([O]CCC)([O]CCC)[O]N1C(=O)CCC1=O. The van der Waals surface area contributed by atoms with Gasteiger partial charge in [0.15, 0.2) is 0 Å². The van der Waals surface area contributed by atoms with Crippen LogP contribution in [0.15, 0.2) is 0 Å². The normalized spacial score (nSPS) is 16.0. The molecule has 1 rings (SSSR count). The van der Waals surface area contributed by atoms with Crippen molar-refractivity contribution >= 4 is 11.8 Å². The average molecular weight is 339 g/mol. The number of hydrogen-bond acceptors (Lipinski definition) is 6. The molecule has 0 aromatic carbocycles. The van der Waals surface area contributed by atoms with Crippen LogP contribution in [0.2, 0.25) is 0 Å². The summed E-state index contributed by atoms with van der Waals surface area (Å²) in [5.41, 5.74) is 0. The molecule has 0 aromatic heterocycles. The third-order valence-electron chi connectivity index (χ3n) is 2.66. The van der Waals surface area contributed by atoms with Crippen molar-refractivity contribution in [3.05, 3.63) is 0 Å². The van der Waals surface area contributed by atoms with E-state index >= 15 is 0 Å². The zero-order valence-corrected chi connectivity index (χ0v) is 14.6. The van der Waals surface area contributed by atoms with Crippen molar-refractivity contribution in [2.45, 2.75) is 52.9 Å². The summed E-state index contributed by atoms with van der Waals surface area (Å²) in [6, 6.07) is 0. The molecule has 122 valence electrons. The summed E-state index contributed by atoms with van der Waals surface area (Å²) in [6.07, 6.45) is 2.62. The average Bonchev–Trinajstić information content (AvgIpc) is 2.80. The third-order valence-corrected chi connectivity index (χ3v) is 5.90. The van der Waals surface area contributed by atoms with Crippen molar-refractivity contribution in [2.75, 3.05) is 19.8 Å². The third kappa shape index (κ3) is 5.77. The maximum atomic E-state index is 11.7.